The van der Waals surface area contributed by atoms with Gasteiger partial charge in [0.25, 0.3) is 0 Å². The van der Waals surface area contributed by atoms with Gasteiger partial charge in [-0.05, 0) is 56.8 Å². The van der Waals surface area contributed by atoms with Gasteiger partial charge < -0.3 is 19.4 Å². The first kappa shape index (κ1) is 23.3. The number of imidazole rings is 2. The van der Waals surface area contributed by atoms with E-state index >= 15 is 0 Å². The second-order valence-electron chi connectivity index (χ2n) is 8.30. The smallest absolute Gasteiger partial charge is 0.227 e. The van der Waals surface area contributed by atoms with Crippen molar-refractivity contribution in [2.75, 3.05) is 31.1 Å². The first-order chi connectivity index (χ1) is 16.1. The molecule has 176 valence electrons. The summed E-state index contributed by atoms with van der Waals surface area (Å²) in [5.41, 5.74) is 3.29. The molecule has 0 radical (unpaired) electrons. The van der Waals surface area contributed by atoms with Crippen LogP contribution in [0.1, 0.15) is 38.5 Å². The second kappa shape index (κ2) is 11.3. The van der Waals surface area contributed by atoms with Crippen LogP contribution in [-0.4, -0.2) is 65.2 Å². The minimum absolute atomic E-state index is 0.251. The third-order valence-corrected chi connectivity index (χ3v) is 5.89. The molecule has 0 atom stereocenters. The fourth-order valence-corrected chi connectivity index (χ4v) is 3.99. The molecule has 2 saturated heterocycles. The Kier molecular flexibility index (Phi) is 8.01. The number of piperidine rings is 2. The van der Waals surface area contributed by atoms with Crippen molar-refractivity contribution >= 4 is 39.9 Å². The molecule has 0 saturated carbocycles. The highest BCUT2D eigenvalue weighted by molar-refractivity contribution is 6.28. The van der Waals surface area contributed by atoms with Crippen LogP contribution in [0.15, 0.2) is 25.0 Å². The highest BCUT2D eigenvalue weighted by atomic mass is 35.5. The van der Waals surface area contributed by atoms with Crippen molar-refractivity contribution in [1.82, 2.24) is 44.4 Å². The molecular weight excluding hydrogens is 440 g/mol. The molecule has 10 nitrogen and oxygen atoms in total. The van der Waals surface area contributed by atoms with E-state index in [1.54, 1.807) is 23.4 Å². The van der Waals surface area contributed by atoms with E-state index in [1.807, 2.05) is 24.9 Å². The number of rotatable bonds is 1. The predicted molar refractivity (Wildman–Crippen MR) is 130 cm³/mol. The summed E-state index contributed by atoms with van der Waals surface area (Å²) in [5, 5.41) is 3.54. The zero-order chi connectivity index (χ0) is 23.0. The molecule has 0 spiro atoms. The van der Waals surface area contributed by atoms with Crippen LogP contribution >= 0.6 is 11.6 Å². The van der Waals surface area contributed by atoms with Crippen LogP contribution in [0.2, 0.25) is 5.28 Å². The highest BCUT2D eigenvalue weighted by Gasteiger charge is 2.14. The molecule has 0 unspecified atom stereocenters. The van der Waals surface area contributed by atoms with E-state index < -0.39 is 0 Å². The minimum atomic E-state index is 0.251. The summed E-state index contributed by atoms with van der Waals surface area (Å²) in [4.78, 5) is 27.3. The van der Waals surface area contributed by atoms with Crippen LogP contribution in [0.5, 0.6) is 0 Å². The molecule has 0 bridgehead atoms. The van der Waals surface area contributed by atoms with Crippen molar-refractivity contribution in [3.05, 3.63) is 30.3 Å². The summed E-state index contributed by atoms with van der Waals surface area (Å²) >= 11 is 5.58. The average Bonchev–Trinajstić information content (AvgIpc) is 3.43. The quantitative estimate of drug-likeness (QED) is 0.423. The van der Waals surface area contributed by atoms with Gasteiger partial charge in [-0.15, -0.1) is 0 Å². The summed E-state index contributed by atoms with van der Waals surface area (Å²) < 4.78 is 3.73. The van der Waals surface area contributed by atoms with Crippen molar-refractivity contribution < 1.29 is 0 Å². The van der Waals surface area contributed by atoms with E-state index in [2.05, 4.69) is 40.1 Å². The molecule has 0 aromatic carbocycles. The maximum Gasteiger partial charge on any atom is 0.227 e. The molecule has 0 amide bonds. The van der Waals surface area contributed by atoms with Crippen molar-refractivity contribution in [2.45, 2.75) is 38.5 Å². The van der Waals surface area contributed by atoms with Gasteiger partial charge in [0.2, 0.25) is 11.2 Å². The summed E-state index contributed by atoms with van der Waals surface area (Å²) in [5.74, 6) is 0.843. The first-order valence-corrected chi connectivity index (χ1v) is 11.9. The Balaban J connectivity index is 0.000000132. The Morgan fingerprint density at radius 2 is 1.30 bits per heavy atom. The molecule has 2 fully saturated rings. The molecule has 0 aliphatic carbocycles. The Labute approximate surface area is 198 Å². The molecule has 6 rings (SSSR count). The third-order valence-electron chi connectivity index (χ3n) is 5.71. The Hall–Kier alpha value is -2.85. The Bertz CT molecular complexity index is 1150. The average molecular weight is 471 g/mol. The van der Waals surface area contributed by atoms with Gasteiger partial charge >= 0.3 is 0 Å². The van der Waals surface area contributed by atoms with Gasteiger partial charge in [0.15, 0.2) is 11.3 Å². The van der Waals surface area contributed by atoms with E-state index in [4.69, 9.17) is 11.6 Å². The van der Waals surface area contributed by atoms with E-state index in [-0.39, 0.29) is 5.28 Å². The maximum absolute atomic E-state index is 5.58. The minimum Gasteiger partial charge on any atom is -0.341 e. The number of nitrogens with one attached hydrogen (secondary N) is 1. The molecule has 2 aliphatic heterocycles. The monoisotopic (exact) mass is 470 g/mol. The number of anilines is 1. The number of hydrogen-bond donors (Lipinski definition) is 1. The van der Waals surface area contributed by atoms with Gasteiger partial charge in [0, 0.05) is 27.2 Å². The van der Waals surface area contributed by atoms with Gasteiger partial charge in [-0.1, -0.05) is 6.42 Å². The largest absolute Gasteiger partial charge is 0.341 e. The van der Waals surface area contributed by atoms with E-state index in [9.17, 15) is 0 Å². The lowest BCUT2D eigenvalue weighted by atomic mass is 10.1. The number of fused-ring (bicyclic) bond motifs is 2. The van der Waals surface area contributed by atoms with Crippen molar-refractivity contribution in [1.29, 1.82) is 0 Å². The number of aromatic nitrogens is 8. The first-order valence-electron chi connectivity index (χ1n) is 11.5. The van der Waals surface area contributed by atoms with Crippen LogP contribution in [0, 0.1) is 0 Å². The number of nitrogens with zero attached hydrogens (tertiary/aromatic N) is 9. The SMILES string of the molecule is C1CCNCC1.Cn1cnc2cnc(Cl)nc21.Cn1cnc2cnc(N3CCCCC3)nc21. The van der Waals surface area contributed by atoms with E-state index in [0.29, 0.717) is 0 Å². The molecule has 2 aliphatic rings. The molecule has 6 heterocycles. The molecule has 4 aromatic rings. The van der Waals surface area contributed by atoms with Gasteiger partial charge in [0.1, 0.15) is 11.0 Å². The van der Waals surface area contributed by atoms with Gasteiger partial charge in [-0.2, -0.15) is 9.97 Å². The number of halogens is 1. The van der Waals surface area contributed by atoms with Crippen LogP contribution in [0.4, 0.5) is 5.95 Å². The molecule has 11 heteroatoms. The number of hydrogen-bond acceptors (Lipinski definition) is 8. The van der Waals surface area contributed by atoms with Gasteiger partial charge in [-0.25, -0.2) is 19.9 Å². The lowest BCUT2D eigenvalue weighted by Gasteiger charge is -2.26. The third kappa shape index (κ3) is 6.14. The number of aryl methyl sites for hydroxylation is 2. The summed E-state index contributed by atoms with van der Waals surface area (Å²) in [6, 6.07) is 0. The van der Waals surface area contributed by atoms with Gasteiger partial charge in [-0.3, -0.25) is 0 Å². The predicted octanol–water partition coefficient (Wildman–Crippen LogP) is 3.13. The fraction of sp³-hybridized carbons (Fsp3) is 0.545. The lowest BCUT2D eigenvalue weighted by molar-refractivity contribution is 0.520. The topological polar surface area (TPSA) is 102 Å². The standard InChI is InChI=1S/C11H15N5.C6H5ClN4.C5H11N/c1-15-8-13-9-7-12-11(14-10(9)15)16-5-3-2-4-6-16;1-11-3-9-4-2-8-6(7)10-5(4)11;1-2-4-6-5-3-1/h7-8H,2-6H2,1H3;2-3H,1H3;6H,1-5H2. The molecule has 1 N–H and O–H groups in total. The van der Waals surface area contributed by atoms with Crippen molar-refractivity contribution in [3.63, 3.8) is 0 Å². The van der Waals surface area contributed by atoms with Crippen molar-refractivity contribution in [2.24, 2.45) is 14.1 Å². The van der Waals surface area contributed by atoms with Crippen LogP contribution in [0.25, 0.3) is 22.3 Å². The molecular formula is C22H31ClN10. The Morgan fingerprint density at radius 1 is 0.727 bits per heavy atom. The summed E-state index contributed by atoms with van der Waals surface area (Å²) in [7, 11) is 3.82. The lowest BCUT2D eigenvalue weighted by Crippen LogP contribution is -2.30. The van der Waals surface area contributed by atoms with E-state index in [0.717, 1.165) is 41.4 Å². The zero-order valence-corrected chi connectivity index (χ0v) is 20.0. The Morgan fingerprint density at radius 3 is 1.88 bits per heavy atom. The normalized spacial score (nSPS) is 16.2. The van der Waals surface area contributed by atoms with Crippen LogP contribution in [0.3, 0.4) is 0 Å². The summed E-state index contributed by atoms with van der Waals surface area (Å²) in [6.45, 7) is 4.65. The molecule has 4 aromatic heterocycles. The highest BCUT2D eigenvalue weighted by Crippen LogP contribution is 2.17. The maximum atomic E-state index is 5.58. The summed E-state index contributed by atoms with van der Waals surface area (Å²) in [6.07, 6.45) is 14.9. The second-order valence-corrected chi connectivity index (χ2v) is 8.63. The van der Waals surface area contributed by atoms with Crippen LogP contribution in [-0.2, 0) is 14.1 Å². The van der Waals surface area contributed by atoms with Crippen LogP contribution < -0.4 is 10.2 Å². The molecule has 33 heavy (non-hydrogen) atoms. The zero-order valence-electron chi connectivity index (χ0n) is 19.3. The van der Waals surface area contributed by atoms with Gasteiger partial charge in [0.05, 0.1) is 25.0 Å². The van der Waals surface area contributed by atoms with E-state index in [1.165, 1.54) is 51.6 Å². The fourth-order valence-electron chi connectivity index (χ4n) is 3.86. The van der Waals surface area contributed by atoms with Crippen molar-refractivity contribution in [3.8, 4) is 0 Å².